The van der Waals surface area contributed by atoms with E-state index in [0.717, 1.165) is 5.75 Å². The summed E-state index contributed by atoms with van der Waals surface area (Å²) in [5.41, 5.74) is 5.44. The summed E-state index contributed by atoms with van der Waals surface area (Å²) >= 11 is 1.76. The molecule has 0 fully saturated rings. The van der Waals surface area contributed by atoms with Crippen molar-refractivity contribution in [2.75, 3.05) is 0 Å². The molecule has 0 heterocycles. The van der Waals surface area contributed by atoms with E-state index in [4.69, 9.17) is 3.32 Å². The molecule has 0 aliphatic heterocycles. The number of hydrogen-bond donors (Lipinski definition) is 0. The molecule has 0 atom stereocenters. The quantitative estimate of drug-likeness (QED) is 0.280. The van der Waals surface area contributed by atoms with Crippen molar-refractivity contribution in [3.8, 4) is 16.9 Å². The van der Waals surface area contributed by atoms with Crippen LogP contribution in [0.3, 0.4) is 0 Å². The maximum Gasteiger partial charge on any atom is -0.147 e. The minimum absolute atomic E-state index is 0. The fraction of sp³-hybridized carbons (Fsp3) is 0.455. The minimum atomic E-state index is 0. The van der Waals surface area contributed by atoms with Crippen LogP contribution in [-0.2, 0) is 33.7 Å². The Labute approximate surface area is 184 Å². The molecular formula is C22H31Cl2OTi. The van der Waals surface area contributed by atoms with Crippen LogP contribution in [0.15, 0.2) is 42.5 Å². The van der Waals surface area contributed by atoms with Crippen LogP contribution in [0.5, 0.6) is 5.75 Å². The molecule has 4 heteroatoms. The molecule has 1 nitrogen and oxygen atoms in total. The van der Waals surface area contributed by atoms with Gasteiger partial charge in [0.2, 0.25) is 0 Å². The zero-order chi connectivity index (χ0) is 17.2. The summed E-state index contributed by atoms with van der Waals surface area (Å²) in [4.78, 5) is 0. The summed E-state index contributed by atoms with van der Waals surface area (Å²) in [5.74, 6) is 0.961. The van der Waals surface area contributed by atoms with Crippen molar-refractivity contribution in [1.29, 1.82) is 0 Å². The van der Waals surface area contributed by atoms with Gasteiger partial charge in [-0.25, -0.2) is 0 Å². The van der Waals surface area contributed by atoms with Gasteiger partial charge in [-0.15, -0.1) is 24.8 Å². The fourth-order valence-electron chi connectivity index (χ4n) is 3.16. The average molecular weight is 430 g/mol. The Balaban J connectivity index is 0.00000312. The van der Waals surface area contributed by atoms with Crippen LogP contribution in [0.1, 0.15) is 63.5 Å². The maximum absolute atomic E-state index is 5.58. The van der Waals surface area contributed by atoms with E-state index in [1.54, 1.807) is 20.8 Å². The van der Waals surface area contributed by atoms with E-state index < -0.39 is 0 Å². The monoisotopic (exact) mass is 429 g/mol. The van der Waals surface area contributed by atoms with E-state index in [1.807, 2.05) is 6.07 Å². The smallest absolute Gasteiger partial charge is 0.147 e. The van der Waals surface area contributed by atoms with Gasteiger partial charge >= 0.3 is 160 Å². The predicted molar refractivity (Wildman–Crippen MR) is 113 cm³/mol. The van der Waals surface area contributed by atoms with Gasteiger partial charge in [0.05, 0.1) is 0 Å². The number of rotatable bonds is 10. The number of para-hydroxylation sites is 1. The Morgan fingerprint density at radius 2 is 1.31 bits per heavy atom. The first-order chi connectivity index (χ1) is 11.8. The van der Waals surface area contributed by atoms with Crippen molar-refractivity contribution >= 4 is 24.8 Å². The molecule has 26 heavy (non-hydrogen) atoms. The topological polar surface area (TPSA) is 9.23 Å². The molecule has 0 aromatic heterocycles. The summed E-state index contributed by atoms with van der Waals surface area (Å²) in [6, 6.07) is 15.5. The fourth-order valence-corrected chi connectivity index (χ4v) is 3.44. The third kappa shape index (κ3) is 8.05. The molecule has 2 rings (SSSR count). The van der Waals surface area contributed by atoms with Gasteiger partial charge in [0.1, 0.15) is 0 Å². The number of halogens is 2. The average Bonchev–Trinajstić information content (AvgIpc) is 2.62. The molecule has 0 spiro atoms. The number of hydrogen-bond acceptors (Lipinski definition) is 1. The SMILES string of the molecule is CCCCCc1cc(CCCCC)cc(-c2ccccc2[O][Ti])c1.Cl.Cl. The minimum Gasteiger partial charge on any atom is -0.147 e. The van der Waals surface area contributed by atoms with Crippen LogP contribution in [0.4, 0.5) is 0 Å². The molecule has 2 aromatic rings. The van der Waals surface area contributed by atoms with Crippen molar-refractivity contribution in [1.82, 2.24) is 0 Å². The van der Waals surface area contributed by atoms with Gasteiger partial charge < -0.3 is 0 Å². The van der Waals surface area contributed by atoms with Crippen LogP contribution in [0, 0.1) is 0 Å². The van der Waals surface area contributed by atoms with Gasteiger partial charge in [-0.05, 0) is 0 Å². The Morgan fingerprint density at radius 3 is 1.81 bits per heavy atom. The number of benzene rings is 2. The molecule has 0 saturated heterocycles. The molecule has 0 aliphatic rings. The molecule has 0 radical (unpaired) electrons. The number of unbranched alkanes of at least 4 members (excludes halogenated alkanes) is 4. The third-order valence-electron chi connectivity index (χ3n) is 4.50. The van der Waals surface area contributed by atoms with Crippen molar-refractivity contribution in [2.45, 2.75) is 65.2 Å². The summed E-state index contributed by atoms with van der Waals surface area (Å²) < 4.78 is 5.58. The van der Waals surface area contributed by atoms with Crippen molar-refractivity contribution in [3.05, 3.63) is 53.6 Å². The molecule has 0 unspecified atom stereocenters. The summed E-state index contributed by atoms with van der Waals surface area (Å²) in [6.07, 6.45) is 10.1. The third-order valence-corrected chi connectivity index (χ3v) is 4.84. The van der Waals surface area contributed by atoms with Crippen LogP contribution >= 0.6 is 24.8 Å². The summed E-state index contributed by atoms with van der Waals surface area (Å²) in [6.45, 7) is 4.53. The molecule has 2 aromatic carbocycles. The second-order valence-electron chi connectivity index (χ2n) is 6.55. The summed E-state index contributed by atoms with van der Waals surface area (Å²) in [5, 5.41) is 0. The van der Waals surface area contributed by atoms with Gasteiger partial charge in [-0.1, -0.05) is 0 Å². The van der Waals surface area contributed by atoms with Crippen molar-refractivity contribution < 1.29 is 24.1 Å². The molecule has 0 N–H and O–H groups in total. The molecular weight excluding hydrogens is 399 g/mol. The normalized spacial score (nSPS) is 9.88. The van der Waals surface area contributed by atoms with Gasteiger partial charge in [-0.3, -0.25) is 0 Å². The zero-order valence-electron chi connectivity index (χ0n) is 15.9. The van der Waals surface area contributed by atoms with Crippen LogP contribution in [-0.4, -0.2) is 0 Å². The first-order valence-corrected chi connectivity index (χ1v) is 9.98. The van der Waals surface area contributed by atoms with Crippen LogP contribution in [0.2, 0.25) is 0 Å². The Bertz CT molecular complexity index is 603. The maximum atomic E-state index is 5.58. The van der Waals surface area contributed by atoms with Crippen molar-refractivity contribution in [3.63, 3.8) is 0 Å². The Kier molecular flexibility index (Phi) is 14.3. The van der Waals surface area contributed by atoms with E-state index in [2.05, 4.69) is 50.2 Å². The molecule has 143 valence electrons. The standard InChI is InChI=1S/C22H30O.2ClH.Ti/c1-3-5-7-11-18-15-19(12-8-6-4-2)17-20(16-18)21-13-9-10-14-22(21)23;;;/h9-10,13-17,23H,3-8,11-12H2,1-2H3;2*1H;/q;;;+1/p-1. The van der Waals surface area contributed by atoms with E-state index >= 15 is 0 Å². The molecule has 0 amide bonds. The van der Waals surface area contributed by atoms with Gasteiger partial charge in [0.25, 0.3) is 0 Å². The predicted octanol–water partition coefficient (Wildman–Crippen LogP) is 7.50. The van der Waals surface area contributed by atoms with Gasteiger partial charge in [-0.2, -0.15) is 0 Å². The zero-order valence-corrected chi connectivity index (χ0v) is 19.1. The van der Waals surface area contributed by atoms with Crippen LogP contribution < -0.4 is 3.32 Å². The van der Waals surface area contributed by atoms with Gasteiger partial charge in [0.15, 0.2) is 0 Å². The van der Waals surface area contributed by atoms with Gasteiger partial charge in [0, 0.05) is 0 Å². The summed E-state index contributed by atoms with van der Waals surface area (Å²) in [7, 11) is 0. The Morgan fingerprint density at radius 1 is 0.769 bits per heavy atom. The van der Waals surface area contributed by atoms with E-state index in [0.29, 0.717) is 0 Å². The van der Waals surface area contributed by atoms with E-state index in [-0.39, 0.29) is 24.8 Å². The number of aryl methyl sites for hydroxylation is 2. The molecule has 0 saturated carbocycles. The first-order valence-electron chi connectivity index (χ1n) is 9.34. The second-order valence-corrected chi connectivity index (χ2v) is 6.87. The molecule has 0 aliphatic carbocycles. The van der Waals surface area contributed by atoms with E-state index in [9.17, 15) is 0 Å². The first kappa shape index (κ1) is 25.5. The van der Waals surface area contributed by atoms with Crippen molar-refractivity contribution in [2.24, 2.45) is 0 Å². The largest absolute Gasteiger partial charge is 0.147 e. The second kappa shape index (κ2) is 14.6. The Hall–Kier alpha value is -0.466. The van der Waals surface area contributed by atoms with Crippen LogP contribution in [0.25, 0.3) is 11.1 Å². The van der Waals surface area contributed by atoms with E-state index in [1.165, 1.54) is 73.6 Å². The molecule has 0 bridgehead atoms.